The number of carbonyl (C=O) groups is 4. The van der Waals surface area contributed by atoms with E-state index in [1.165, 1.54) is 23.1 Å². The molecule has 0 radical (unpaired) electrons. The molecule has 1 heterocycles. The number of aryl methyl sites for hydroxylation is 1. The molecule has 9 heteroatoms. The van der Waals surface area contributed by atoms with Crippen LogP contribution in [0.15, 0.2) is 48.5 Å². The monoisotopic (exact) mass is 481 g/mol. The molecule has 2 aromatic carbocycles. The average molecular weight is 482 g/mol. The number of amides is 3. The lowest BCUT2D eigenvalue weighted by atomic mass is 10.0. The molecule has 3 rings (SSSR count). The van der Waals surface area contributed by atoms with Crippen LogP contribution in [0.25, 0.3) is 0 Å². The van der Waals surface area contributed by atoms with Gasteiger partial charge < -0.3 is 25.4 Å². The SMILES string of the molecule is Cc1cccc(C2CCC(C(=O)OC(C)(C)C)N2C(=O)CNC(=O)Nc2cccc(C(=O)O)c2)c1. The van der Waals surface area contributed by atoms with Gasteiger partial charge in [-0.3, -0.25) is 4.79 Å². The van der Waals surface area contributed by atoms with Gasteiger partial charge in [-0.1, -0.05) is 35.9 Å². The highest BCUT2D eigenvalue weighted by Crippen LogP contribution is 2.37. The molecule has 186 valence electrons. The fourth-order valence-corrected chi connectivity index (χ4v) is 4.12. The van der Waals surface area contributed by atoms with Crippen molar-refractivity contribution in [2.24, 2.45) is 0 Å². The molecule has 1 aliphatic rings. The number of nitrogens with one attached hydrogen (secondary N) is 2. The Kier molecular flexibility index (Phi) is 7.78. The van der Waals surface area contributed by atoms with Gasteiger partial charge >= 0.3 is 18.0 Å². The lowest BCUT2D eigenvalue weighted by Crippen LogP contribution is -2.48. The molecule has 9 nitrogen and oxygen atoms in total. The first-order valence-corrected chi connectivity index (χ1v) is 11.4. The van der Waals surface area contributed by atoms with Gasteiger partial charge in [0.2, 0.25) is 5.91 Å². The number of likely N-dealkylation sites (tertiary alicyclic amines) is 1. The summed E-state index contributed by atoms with van der Waals surface area (Å²) in [6.07, 6.45) is 1.04. The molecule has 0 saturated carbocycles. The van der Waals surface area contributed by atoms with E-state index < -0.39 is 35.5 Å². The molecule has 1 fully saturated rings. The van der Waals surface area contributed by atoms with Crippen LogP contribution >= 0.6 is 0 Å². The van der Waals surface area contributed by atoms with E-state index in [1.807, 2.05) is 31.2 Å². The van der Waals surface area contributed by atoms with Gasteiger partial charge in [0, 0.05) is 5.69 Å². The van der Waals surface area contributed by atoms with Crippen molar-refractivity contribution in [1.82, 2.24) is 10.2 Å². The number of carbonyl (C=O) groups excluding carboxylic acids is 3. The van der Waals surface area contributed by atoms with Gasteiger partial charge in [0.05, 0.1) is 18.2 Å². The normalized spacial score (nSPS) is 17.5. The van der Waals surface area contributed by atoms with Crippen molar-refractivity contribution in [3.05, 3.63) is 65.2 Å². The molecular formula is C26H31N3O6. The van der Waals surface area contributed by atoms with E-state index in [0.717, 1.165) is 11.1 Å². The third kappa shape index (κ3) is 6.81. The number of benzene rings is 2. The highest BCUT2D eigenvalue weighted by atomic mass is 16.6. The molecule has 2 aromatic rings. The van der Waals surface area contributed by atoms with Crippen LogP contribution in [0.3, 0.4) is 0 Å². The van der Waals surface area contributed by atoms with E-state index >= 15 is 0 Å². The Hall–Kier alpha value is -3.88. The summed E-state index contributed by atoms with van der Waals surface area (Å²) in [5.74, 6) is -2.01. The van der Waals surface area contributed by atoms with Gasteiger partial charge in [-0.25, -0.2) is 14.4 Å². The molecule has 2 atom stereocenters. The lowest BCUT2D eigenvalue weighted by molar-refractivity contribution is -0.164. The number of nitrogens with zero attached hydrogens (tertiary/aromatic N) is 1. The quantitative estimate of drug-likeness (QED) is 0.538. The summed E-state index contributed by atoms with van der Waals surface area (Å²) in [5, 5.41) is 14.1. The topological polar surface area (TPSA) is 125 Å². The minimum absolute atomic E-state index is 0.0251. The minimum Gasteiger partial charge on any atom is -0.478 e. The van der Waals surface area contributed by atoms with Crippen LogP contribution < -0.4 is 10.6 Å². The number of carboxylic acid groups (broad SMARTS) is 1. The van der Waals surface area contributed by atoms with Crippen LogP contribution in [0, 0.1) is 6.92 Å². The number of hydrogen-bond acceptors (Lipinski definition) is 5. The van der Waals surface area contributed by atoms with Gasteiger partial charge in [-0.15, -0.1) is 0 Å². The van der Waals surface area contributed by atoms with Crippen molar-refractivity contribution in [2.45, 2.75) is 58.2 Å². The molecule has 3 amide bonds. The van der Waals surface area contributed by atoms with Gasteiger partial charge in [-0.05, 0) is 64.3 Å². The number of aromatic carboxylic acids is 1. The summed E-state index contributed by atoms with van der Waals surface area (Å²) < 4.78 is 5.56. The Morgan fingerprint density at radius 1 is 1.06 bits per heavy atom. The lowest BCUT2D eigenvalue weighted by Gasteiger charge is -2.31. The van der Waals surface area contributed by atoms with Gasteiger partial charge in [0.1, 0.15) is 11.6 Å². The predicted molar refractivity (Wildman–Crippen MR) is 130 cm³/mol. The Morgan fingerprint density at radius 2 is 1.77 bits per heavy atom. The van der Waals surface area contributed by atoms with Crippen LogP contribution in [0.1, 0.15) is 61.1 Å². The minimum atomic E-state index is -1.12. The zero-order valence-electron chi connectivity index (χ0n) is 20.3. The summed E-state index contributed by atoms with van der Waals surface area (Å²) in [6.45, 7) is 6.94. The second-order valence-corrected chi connectivity index (χ2v) is 9.55. The molecule has 1 aliphatic heterocycles. The number of ether oxygens (including phenoxy) is 1. The van der Waals surface area contributed by atoms with Gasteiger partial charge in [-0.2, -0.15) is 0 Å². The number of esters is 1. The van der Waals surface area contributed by atoms with Crippen molar-refractivity contribution in [3.8, 4) is 0 Å². The van der Waals surface area contributed by atoms with E-state index in [-0.39, 0.29) is 23.8 Å². The second kappa shape index (κ2) is 10.6. The molecule has 0 spiro atoms. The Morgan fingerprint density at radius 3 is 2.43 bits per heavy atom. The first kappa shape index (κ1) is 25.7. The fraction of sp³-hybridized carbons (Fsp3) is 0.385. The Bertz CT molecular complexity index is 1120. The van der Waals surface area contributed by atoms with Crippen LogP contribution in [-0.4, -0.2) is 52.1 Å². The first-order chi connectivity index (χ1) is 16.4. The number of hydrogen-bond donors (Lipinski definition) is 3. The number of carboxylic acids is 1. The van der Waals surface area contributed by atoms with Crippen molar-refractivity contribution < 1.29 is 29.0 Å². The Balaban J connectivity index is 1.74. The van der Waals surface area contributed by atoms with Crippen molar-refractivity contribution in [1.29, 1.82) is 0 Å². The van der Waals surface area contributed by atoms with Crippen LogP contribution in [0.2, 0.25) is 0 Å². The van der Waals surface area contributed by atoms with E-state index in [1.54, 1.807) is 26.8 Å². The molecule has 1 saturated heterocycles. The number of anilines is 1. The summed E-state index contributed by atoms with van der Waals surface area (Å²) in [4.78, 5) is 51.2. The van der Waals surface area contributed by atoms with Crippen LogP contribution in [0.4, 0.5) is 10.5 Å². The Labute approximate surface area is 204 Å². The molecule has 0 bridgehead atoms. The highest BCUT2D eigenvalue weighted by Gasteiger charge is 2.43. The van der Waals surface area contributed by atoms with Crippen LogP contribution in [-0.2, 0) is 14.3 Å². The van der Waals surface area contributed by atoms with Gasteiger partial charge in [0.25, 0.3) is 0 Å². The molecule has 2 unspecified atom stereocenters. The second-order valence-electron chi connectivity index (χ2n) is 9.55. The van der Waals surface area contributed by atoms with E-state index in [0.29, 0.717) is 12.8 Å². The molecule has 3 N–H and O–H groups in total. The number of urea groups is 1. The maximum Gasteiger partial charge on any atom is 0.335 e. The van der Waals surface area contributed by atoms with Crippen molar-refractivity contribution in [3.63, 3.8) is 0 Å². The molecule has 35 heavy (non-hydrogen) atoms. The van der Waals surface area contributed by atoms with Gasteiger partial charge in [0.15, 0.2) is 0 Å². The zero-order valence-corrected chi connectivity index (χ0v) is 20.3. The maximum absolute atomic E-state index is 13.3. The zero-order chi connectivity index (χ0) is 25.8. The predicted octanol–water partition coefficient (Wildman–Crippen LogP) is 3.89. The van der Waals surface area contributed by atoms with E-state index in [4.69, 9.17) is 9.84 Å². The molecule has 0 aromatic heterocycles. The third-order valence-electron chi connectivity index (χ3n) is 5.55. The smallest absolute Gasteiger partial charge is 0.335 e. The largest absolute Gasteiger partial charge is 0.478 e. The summed E-state index contributed by atoms with van der Waals surface area (Å²) in [7, 11) is 0. The van der Waals surface area contributed by atoms with E-state index in [2.05, 4.69) is 10.6 Å². The number of rotatable bonds is 6. The molecular weight excluding hydrogens is 450 g/mol. The third-order valence-corrected chi connectivity index (χ3v) is 5.55. The highest BCUT2D eigenvalue weighted by molar-refractivity contribution is 5.95. The maximum atomic E-state index is 13.3. The summed E-state index contributed by atoms with van der Waals surface area (Å²) >= 11 is 0. The van der Waals surface area contributed by atoms with Crippen LogP contribution in [0.5, 0.6) is 0 Å². The van der Waals surface area contributed by atoms with Crippen molar-refractivity contribution in [2.75, 3.05) is 11.9 Å². The molecule has 0 aliphatic carbocycles. The van der Waals surface area contributed by atoms with E-state index in [9.17, 15) is 19.2 Å². The van der Waals surface area contributed by atoms with Crippen molar-refractivity contribution >= 4 is 29.6 Å². The summed E-state index contributed by atoms with van der Waals surface area (Å²) in [5.41, 5.74) is 1.56. The average Bonchev–Trinajstić information content (AvgIpc) is 3.22. The fourth-order valence-electron chi connectivity index (χ4n) is 4.12. The first-order valence-electron chi connectivity index (χ1n) is 11.4. The summed E-state index contributed by atoms with van der Waals surface area (Å²) in [6, 6.07) is 11.8. The standard InChI is InChI=1S/C26H31N3O6/c1-16-7-5-8-17(13-16)20-11-12-21(24(33)35-26(2,3)4)29(20)22(30)15-27-25(34)28-19-10-6-9-18(14-19)23(31)32/h5-10,13-14,20-21H,11-12,15H2,1-4H3,(H,31,32)(H2,27,28,34).